The van der Waals surface area contributed by atoms with Gasteiger partial charge in [0.2, 0.25) is 0 Å². The molecule has 2 aromatic carbocycles. The molecule has 1 aliphatic carbocycles. The summed E-state index contributed by atoms with van der Waals surface area (Å²) in [6.07, 6.45) is 6.30. The van der Waals surface area contributed by atoms with Crippen LogP contribution in [0.15, 0.2) is 60.9 Å². The van der Waals surface area contributed by atoms with Crippen LogP contribution in [-0.4, -0.2) is 56.9 Å². The highest BCUT2D eigenvalue weighted by molar-refractivity contribution is 5.98. The number of anilines is 1. The molecular weight excluding hydrogens is 450 g/mol. The van der Waals surface area contributed by atoms with E-state index in [1.54, 1.807) is 6.33 Å². The van der Waals surface area contributed by atoms with Crippen LogP contribution in [0.2, 0.25) is 0 Å². The van der Waals surface area contributed by atoms with E-state index in [1.807, 2.05) is 54.6 Å². The monoisotopic (exact) mass is 481 g/mol. The van der Waals surface area contributed by atoms with E-state index < -0.39 is 0 Å². The van der Waals surface area contributed by atoms with Gasteiger partial charge in [-0.1, -0.05) is 18.2 Å². The zero-order valence-corrected chi connectivity index (χ0v) is 20.3. The molecular formula is C28H31N7O. The van der Waals surface area contributed by atoms with E-state index in [9.17, 15) is 0 Å². The molecule has 7 rings (SSSR count). The lowest BCUT2D eigenvalue weighted by Gasteiger charge is -2.57. The number of nitrogens with zero attached hydrogens (tertiary/aromatic N) is 5. The number of fused-ring (bicyclic) bond motifs is 1. The first-order valence-corrected chi connectivity index (χ1v) is 12.9. The van der Waals surface area contributed by atoms with E-state index in [0.717, 1.165) is 65.8 Å². The largest absolute Gasteiger partial charge is 0.457 e. The summed E-state index contributed by atoms with van der Waals surface area (Å²) in [6, 6.07) is 18.9. The van der Waals surface area contributed by atoms with Crippen molar-refractivity contribution >= 4 is 16.9 Å². The van der Waals surface area contributed by atoms with Gasteiger partial charge >= 0.3 is 0 Å². The number of likely N-dealkylation sites (tertiary alicyclic amines) is 1. The molecule has 36 heavy (non-hydrogen) atoms. The number of hydrogen-bond acceptors (Lipinski definition) is 7. The fourth-order valence-electron chi connectivity index (χ4n) is 6.14. The van der Waals surface area contributed by atoms with Crippen LogP contribution in [0.5, 0.6) is 11.5 Å². The zero-order valence-electron chi connectivity index (χ0n) is 20.3. The minimum Gasteiger partial charge on any atom is -0.457 e. The molecule has 2 aliphatic heterocycles. The molecule has 8 nitrogen and oxygen atoms in total. The lowest BCUT2D eigenvalue weighted by molar-refractivity contribution is -0.0726. The average molecular weight is 482 g/mol. The SMILES string of the molecule is Nc1ncnc2c1c(-c1ccc(Oc3ccccc3)cc1)nn2C1CCC2(CC1)CN(C1CNC1)C2. The van der Waals surface area contributed by atoms with Crippen molar-refractivity contribution in [1.82, 2.24) is 30.0 Å². The second-order valence-electron chi connectivity index (χ2n) is 10.6. The van der Waals surface area contributed by atoms with Crippen molar-refractivity contribution in [3.05, 3.63) is 60.9 Å². The Morgan fingerprint density at radius 1 is 0.889 bits per heavy atom. The lowest BCUT2D eigenvalue weighted by Crippen LogP contribution is -2.68. The van der Waals surface area contributed by atoms with Crippen LogP contribution in [-0.2, 0) is 0 Å². The van der Waals surface area contributed by atoms with Gasteiger partial charge in [-0.3, -0.25) is 4.90 Å². The number of hydrogen-bond donors (Lipinski definition) is 2. The minimum absolute atomic E-state index is 0.335. The molecule has 1 saturated carbocycles. The molecule has 4 aromatic rings. The molecule has 1 spiro atoms. The molecule has 3 fully saturated rings. The number of nitrogens with two attached hydrogens (primary N) is 1. The number of aromatic nitrogens is 4. The van der Waals surface area contributed by atoms with Crippen LogP contribution in [0.1, 0.15) is 31.7 Å². The highest BCUT2D eigenvalue weighted by Crippen LogP contribution is 2.48. The topological polar surface area (TPSA) is 94.1 Å². The first-order valence-electron chi connectivity index (χ1n) is 12.9. The molecule has 0 radical (unpaired) electrons. The number of rotatable bonds is 5. The van der Waals surface area contributed by atoms with E-state index in [4.69, 9.17) is 15.6 Å². The summed E-state index contributed by atoms with van der Waals surface area (Å²) in [4.78, 5) is 11.6. The Morgan fingerprint density at radius 2 is 1.61 bits per heavy atom. The van der Waals surface area contributed by atoms with Crippen LogP contribution in [0.25, 0.3) is 22.3 Å². The molecule has 3 N–H and O–H groups in total. The van der Waals surface area contributed by atoms with E-state index in [1.165, 1.54) is 25.9 Å². The second-order valence-corrected chi connectivity index (χ2v) is 10.6. The molecule has 184 valence electrons. The Bertz CT molecular complexity index is 1360. The Hall–Kier alpha value is -3.49. The number of para-hydroxylation sites is 1. The van der Waals surface area contributed by atoms with Crippen LogP contribution >= 0.6 is 0 Å². The van der Waals surface area contributed by atoms with Crippen LogP contribution in [0.4, 0.5) is 5.82 Å². The maximum Gasteiger partial charge on any atom is 0.164 e. The van der Waals surface area contributed by atoms with Crippen molar-refractivity contribution in [2.24, 2.45) is 5.41 Å². The normalized spacial score (nSPS) is 20.3. The van der Waals surface area contributed by atoms with Gasteiger partial charge in [0.1, 0.15) is 29.3 Å². The van der Waals surface area contributed by atoms with Gasteiger partial charge in [-0.25, -0.2) is 14.6 Å². The Morgan fingerprint density at radius 3 is 2.31 bits per heavy atom. The van der Waals surface area contributed by atoms with Crippen LogP contribution < -0.4 is 15.8 Å². The molecule has 2 saturated heterocycles. The van der Waals surface area contributed by atoms with Gasteiger partial charge in [-0.15, -0.1) is 0 Å². The summed E-state index contributed by atoms with van der Waals surface area (Å²) in [6.45, 7) is 4.82. The first-order chi connectivity index (χ1) is 17.7. The molecule has 2 aromatic heterocycles. The van der Waals surface area contributed by atoms with Gasteiger partial charge < -0.3 is 15.8 Å². The zero-order chi connectivity index (χ0) is 24.1. The molecule has 0 amide bonds. The predicted octanol–water partition coefficient (Wildman–Crippen LogP) is 4.26. The van der Waals surface area contributed by atoms with Gasteiger partial charge in [0.25, 0.3) is 0 Å². The van der Waals surface area contributed by atoms with Crippen molar-refractivity contribution in [3.8, 4) is 22.8 Å². The van der Waals surface area contributed by atoms with Crippen molar-refractivity contribution in [3.63, 3.8) is 0 Å². The van der Waals surface area contributed by atoms with Gasteiger partial charge in [-0.05, 0) is 67.5 Å². The summed E-state index contributed by atoms with van der Waals surface area (Å²) < 4.78 is 8.09. The van der Waals surface area contributed by atoms with Crippen LogP contribution in [0.3, 0.4) is 0 Å². The van der Waals surface area contributed by atoms with Crippen molar-refractivity contribution in [2.45, 2.75) is 37.8 Å². The molecule has 0 atom stereocenters. The highest BCUT2D eigenvalue weighted by atomic mass is 16.5. The van der Waals surface area contributed by atoms with Crippen molar-refractivity contribution in [1.29, 1.82) is 0 Å². The van der Waals surface area contributed by atoms with E-state index >= 15 is 0 Å². The highest BCUT2D eigenvalue weighted by Gasteiger charge is 2.48. The second kappa shape index (κ2) is 8.57. The minimum atomic E-state index is 0.335. The quantitative estimate of drug-likeness (QED) is 0.440. The van der Waals surface area contributed by atoms with E-state index in [-0.39, 0.29) is 0 Å². The number of nitrogen functional groups attached to an aromatic ring is 1. The van der Waals surface area contributed by atoms with Crippen LogP contribution in [0, 0.1) is 5.41 Å². The fourth-order valence-corrected chi connectivity index (χ4v) is 6.14. The van der Waals surface area contributed by atoms with Gasteiger partial charge in [0, 0.05) is 37.8 Å². The smallest absolute Gasteiger partial charge is 0.164 e. The maximum atomic E-state index is 6.37. The maximum absolute atomic E-state index is 6.37. The third-order valence-corrected chi connectivity index (χ3v) is 8.34. The first kappa shape index (κ1) is 21.8. The molecule has 0 bridgehead atoms. The third kappa shape index (κ3) is 3.72. The van der Waals surface area contributed by atoms with E-state index in [2.05, 4.69) is 24.9 Å². The third-order valence-electron chi connectivity index (χ3n) is 8.34. The number of benzene rings is 2. The molecule has 8 heteroatoms. The van der Waals surface area contributed by atoms with Crippen molar-refractivity contribution in [2.75, 3.05) is 31.9 Å². The molecule has 3 aliphatic rings. The van der Waals surface area contributed by atoms with Crippen molar-refractivity contribution < 1.29 is 4.74 Å². The summed E-state index contributed by atoms with van der Waals surface area (Å²) in [5, 5.41) is 9.32. The van der Waals surface area contributed by atoms with Gasteiger partial charge in [-0.2, -0.15) is 5.10 Å². The number of nitrogens with one attached hydrogen (secondary N) is 1. The Balaban J connectivity index is 1.13. The molecule has 4 heterocycles. The van der Waals surface area contributed by atoms with E-state index in [0.29, 0.717) is 17.3 Å². The molecule has 0 unspecified atom stereocenters. The summed E-state index contributed by atoms with van der Waals surface area (Å²) in [5.41, 5.74) is 9.52. The average Bonchev–Trinajstić information content (AvgIpc) is 3.25. The lowest BCUT2D eigenvalue weighted by atomic mass is 9.66. The fraction of sp³-hybridized carbons (Fsp3) is 0.393. The summed E-state index contributed by atoms with van der Waals surface area (Å²) in [7, 11) is 0. The standard InChI is InChI=1S/C28H31N7O/c29-26-24-25(19-6-8-23(9-7-19)36-22-4-2-1-3-5-22)33-35(27(24)32-18-31-26)20-10-12-28(13-11-20)16-34(17-28)21-14-30-15-21/h1-9,18,20-21,30H,10-17H2,(H2,29,31,32). The summed E-state index contributed by atoms with van der Waals surface area (Å²) in [5.74, 6) is 2.07. The number of ether oxygens (including phenoxy) is 1. The summed E-state index contributed by atoms with van der Waals surface area (Å²) >= 11 is 0. The Kier molecular flexibility index (Phi) is 5.18. The van der Waals surface area contributed by atoms with Gasteiger partial charge in [0.05, 0.1) is 11.4 Å². The Labute approximate surface area is 210 Å². The predicted molar refractivity (Wildman–Crippen MR) is 140 cm³/mol. The van der Waals surface area contributed by atoms with Gasteiger partial charge in [0.15, 0.2) is 5.65 Å².